The van der Waals surface area contributed by atoms with Crippen LogP contribution in [0.25, 0.3) is 10.9 Å². The van der Waals surface area contributed by atoms with Gasteiger partial charge in [0.1, 0.15) is 0 Å². The zero-order valence-electron chi connectivity index (χ0n) is 7.74. The molecule has 0 saturated heterocycles. The minimum absolute atomic E-state index is 0.501. The highest BCUT2D eigenvalue weighted by Crippen LogP contribution is 2.25. The van der Waals surface area contributed by atoms with Crippen LogP contribution in [0.2, 0.25) is 5.02 Å². The fourth-order valence-electron chi connectivity index (χ4n) is 1.50. The van der Waals surface area contributed by atoms with E-state index in [1.807, 2.05) is 18.2 Å². The van der Waals surface area contributed by atoms with Crippen molar-refractivity contribution < 1.29 is 5.11 Å². The van der Waals surface area contributed by atoms with Crippen molar-refractivity contribution >= 4 is 22.5 Å². The van der Waals surface area contributed by atoms with E-state index in [1.54, 1.807) is 19.2 Å². The number of pyridine rings is 1. The Hall–Kier alpha value is -1.12. The van der Waals surface area contributed by atoms with Gasteiger partial charge < -0.3 is 5.11 Å². The molecule has 0 saturated carbocycles. The van der Waals surface area contributed by atoms with E-state index in [4.69, 9.17) is 11.6 Å². The molecule has 14 heavy (non-hydrogen) atoms. The van der Waals surface area contributed by atoms with Crippen molar-refractivity contribution in [2.75, 3.05) is 0 Å². The molecule has 0 bridgehead atoms. The number of aliphatic hydroxyl groups is 1. The second-order valence-electron chi connectivity index (χ2n) is 3.24. The summed E-state index contributed by atoms with van der Waals surface area (Å²) in [5, 5.41) is 11.1. The topological polar surface area (TPSA) is 33.1 Å². The van der Waals surface area contributed by atoms with E-state index in [2.05, 4.69) is 4.98 Å². The highest BCUT2D eigenvalue weighted by atomic mass is 35.5. The smallest absolute Gasteiger partial charge is 0.0769 e. The van der Waals surface area contributed by atoms with Crippen LogP contribution in [-0.4, -0.2) is 10.1 Å². The van der Waals surface area contributed by atoms with Crippen molar-refractivity contribution in [1.82, 2.24) is 4.98 Å². The van der Waals surface area contributed by atoms with Gasteiger partial charge in [-0.3, -0.25) is 4.98 Å². The number of fused-ring (bicyclic) bond motifs is 1. The molecule has 1 atom stereocenters. The molecule has 0 aliphatic carbocycles. The summed E-state index contributed by atoms with van der Waals surface area (Å²) in [6.07, 6.45) is 1.19. The molecule has 1 heterocycles. The van der Waals surface area contributed by atoms with Gasteiger partial charge in [-0.1, -0.05) is 11.6 Å². The summed E-state index contributed by atoms with van der Waals surface area (Å²) < 4.78 is 0. The van der Waals surface area contributed by atoms with Gasteiger partial charge in [0.25, 0.3) is 0 Å². The average Bonchev–Trinajstić information content (AvgIpc) is 2.16. The van der Waals surface area contributed by atoms with Crippen LogP contribution in [0.5, 0.6) is 0 Å². The molecule has 1 aromatic carbocycles. The lowest BCUT2D eigenvalue weighted by atomic mass is 10.1. The number of hydrogen-bond acceptors (Lipinski definition) is 2. The Morgan fingerprint density at radius 2 is 2.14 bits per heavy atom. The summed E-state index contributed by atoms with van der Waals surface area (Å²) >= 11 is 5.89. The molecule has 0 aliphatic rings. The molecule has 0 amide bonds. The van der Waals surface area contributed by atoms with E-state index in [0.29, 0.717) is 5.02 Å². The van der Waals surface area contributed by atoms with Crippen molar-refractivity contribution in [3.63, 3.8) is 0 Å². The maximum atomic E-state index is 9.54. The van der Waals surface area contributed by atoms with Crippen molar-refractivity contribution in [1.29, 1.82) is 0 Å². The number of halogens is 1. The zero-order valence-corrected chi connectivity index (χ0v) is 8.49. The number of benzene rings is 1. The number of hydrogen-bond donors (Lipinski definition) is 1. The largest absolute Gasteiger partial charge is 0.389 e. The molecular formula is C11H10ClNO. The SMILES string of the molecule is CC(O)c1ccnc2ccc(Cl)cc12. The van der Waals surface area contributed by atoms with E-state index in [0.717, 1.165) is 16.5 Å². The monoisotopic (exact) mass is 207 g/mol. The van der Waals surface area contributed by atoms with E-state index < -0.39 is 6.10 Å². The molecule has 72 valence electrons. The fraction of sp³-hybridized carbons (Fsp3) is 0.182. The molecule has 2 nitrogen and oxygen atoms in total. The van der Waals surface area contributed by atoms with Crippen LogP contribution in [-0.2, 0) is 0 Å². The predicted molar refractivity (Wildman–Crippen MR) is 57.4 cm³/mol. The lowest BCUT2D eigenvalue weighted by Gasteiger charge is -2.08. The first-order valence-electron chi connectivity index (χ1n) is 4.41. The standard InChI is InChI=1S/C11H10ClNO/c1-7(14)9-4-5-13-11-3-2-8(12)6-10(9)11/h2-7,14H,1H3. The summed E-state index contributed by atoms with van der Waals surface area (Å²) in [5.41, 5.74) is 1.71. The number of aromatic nitrogens is 1. The first-order valence-corrected chi connectivity index (χ1v) is 4.78. The van der Waals surface area contributed by atoms with Gasteiger partial charge in [0.2, 0.25) is 0 Å². The van der Waals surface area contributed by atoms with E-state index in [-0.39, 0.29) is 0 Å². The summed E-state index contributed by atoms with van der Waals surface area (Å²) in [6, 6.07) is 7.28. The first kappa shape index (κ1) is 9.44. The third kappa shape index (κ3) is 1.59. The Morgan fingerprint density at radius 3 is 2.86 bits per heavy atom. The third-order valence-electron chi connectivity index (χ3n) is 2.19. The Balaban J connectivity index is 2.77. The van der Waals surface area contributed by atoms with Crippen molar-refractivity contribution in [3.05, 3.63) is 41.0 Å². The second-order valence-corrected chi connectivity index (χ2v) is 3.67. The van der Waals surface area contributed by atoms with E-state index >= 15 is 0 Å². The van der Waals surface area contributed by atoms with Crippen molar-refractivity contribution in [3.8, 4) is 0 Å². The maximum Gasteiger partial charge on any atom is 0.0769 e. The summed E-state index contributed by atoms with van der Waals surface area (Å²) in [4.78, 5) is 4.20. The molecule has 0 aliphatic heterocycles. The summed E-state index contributed by atoms with van der Waals surface area (Å²) in [7, 11) is 0. The molecule has 0 spiro atoms. The molecule has 0 fully saturated rings. The summed E-state index contributed by atoms with van der Waals surface area (Å²) in [5.74, 6) is 0. The van der Waals surface area contributed by atoms with Crippen LogP contribution in [0.1, 0.15) is 18.6 Å². The lowest BCUT2D eigenvalue weighted by Crippen LogP contribution is -1.93. The van der Waals surface area contributed by atoms with Gasteiger partial charge in [0.15, 0.2) is 0 Å². The molecule has 3 heteroatoms. The van der Waals surface area contributed by atoms with Gasteiger partial charge in [-0.15, -0.1) is 0 Å². The minimum Gasteiger partial charge on any atom is -0.389 e. The van der Waals surface area contributed by atoms with E-state index in [9.17, 15) is 5.11 Å². The van der Waals surface area contributed by atoms with Gasteiger partial charge >= 0.3 is 0 Å². The first-order chi connectivity index (χ1) is 6.68. The highest BCUT2D eigenvalue weighted by Gasteiger charge is 2.06. The van der Waals surface area contributed by atoms with Crippen molar-refractivity contribution in [2.24, 2.45) is 0 Å². The maximum absolute atomic E-state index is 9.54. The predicted octanol–water partition coefficient (Wildman–Crippen LogP) is 2.94. The zero-order chi connectivity index (χ0) is 10.1. The molecule has 1 N–H and O–H groups in total. The Kier molecular flexibility index (Phi) is 2.40. The summed E-state index contributed by atoms with van der Waals surface area (Å²) in [6.45, 7) is 1.73. The van der Waals surface area contributed by atoms with Gasteiger partial charge in [0, 0.05) is 16.6 Å². The Labute approximate surface area is 87.2 Å². The van der Waals surface area contributed by atoms with Crippen LogP contribution in [0.15, 0.2) is 30.5 Å². The minimum atomic E-state index is -0.501. The van der Waals surface area contributed by atoms with Crippen LogP contribution < -0.4 is 0 Å². The second kappa shape index (κ2) is 3.56. The molecule has 0 radical (unpaired) electrons. The van der Waals surface area contributed by atoms with Crippen LogP contribution in [0.3, 0.4) is 0 Å². The Bertz CT molecular complexity index is 468. The molecule has 1 unspecified atom stereocenters. The van der Waals surface area contributed by atoms with Gasteiger partial charge in [-0.2, -0.15) is 0 Å². The Morgan fingerprint density at radius 1 is 1.36 bits per heavy atom. The highest BCUT2D eigenvalue weighted by molar-refractivity contribution is 6.31. The normalized spacial score (nSPS) is 13.1. The molecule has 2 rings (SSSR count). The molecular weight excluding hydrogens is 198 g/mol. The number of rotatable bonds is 1. The molecule has 1 aromatic heterocycles. The van der Waals surface area contributed by atoms with Crippen LogP contribution >= 0.6 is 11.6 Å². The fourth-order valence-corrected chi connectivity index (χ4v) is 1.68. The third-order valence-corrected chi connectivity index (χ3v) is 2.42. The van der Waals surface area contributed by atoms with Crippen LogP contribution in [0.4, 0.5) is 0 Å². The van der Waals surface area contributed by atoms with Gasteiger partial charge in [-0.05, 0) is 36.8 Å². The lowest BCUT2D eigenvalue weighted by molar-refractivity contribution is 0.201. The van der Waals surface area contributed by atoms with Gasteiger partial charge in [-0.25, -0.2) is 0 Å². The van der Waals surface area contributed by atoms with Gasteiger partial charge in [0.05, 0.1) is 11.6 Å². The van der Waals surface area contributed by atoms with Crippen molar-refractivity contribution in [2.45, 2.75) is 13.0 Å². The van der Waals surface area contributed by atoms with E-state index in [1.165, 1.54) is 0 Å². The molecule has 2 aromatic rings. The van der Waals surface area contributed by atoms with Crippen LogP contribution in [0, 0.1) is 0 Å². The average molecular weight is 208 g/mol. The number of nitrogens with zero attached hydrogens (tertiary/aromatic N) is 1. The number of aliphatic hydroxyl groups excluding tert-OH is 1. The quantitative estimate of drug-likeness (QED) is 0.780.